The van der Waals surface area contributed by atoms with Crippen LogP contribution in [0.25, 0.3) is 16.8 Å². The Balaban J connectivity index is 1.63. The fourth-order valence-corrected chi connectivity index (χ4v) is 4.55. The van der Waals surface area contributed by atoms with Crippen LogP contribution in [0.1, 0.15) is 26.5 Å². The van der Waals surface area contributed by atoms with Gasteiger partial charge < -0.3 is 25.0 Å². The van der Waals surface area contributed by atoms with Gasteiger partial charge in [0.2, 0.25) is 5.91 Å². The minimum absolute atomic E-state index is 0.141. The van der Waals surface area contributed by atoms with E-state index in [1.165, 1.54) is 4.90 Å². The first-order valence-electron chi connectivity index (χ1n) is 13.7. The summed E-state index contributed by atoms with van der Waals surface area (Å²) in [6, 6.07) is 24.1. The number of nitrogens with zero attached hydrogens (tertiary/aromatic N) is 3. The molecule has 0 aliphatic rings. The number of urea groups is 1. The van der Waals surface area contributed by atoms with E-state index >= 15 is 0 Å². The molecule has 0 saturated heterocycles. The van der Waals surface area contributed by atoms with E-state index < -0.39 is 0 Å². The number of para-hydroxylation sites is 2. The monoisotopic (exact) mass is 555 g/mol. The molecule has 4 rings (SSSR count). The lowest BCUT2D eigenvalue weighted by Gasteiger charge is -2.25. The smallest absolute Gasteiger partial charge is 0.322 e. The molecule has 0 aliphatic heterocycles. The van der Waals surface area contributed by atoms with Crippen LogP contribution in [0.4, 0.5) is 16.3 Å². The predicted molar refractivity (Wildman–Crippen MR) is 162 cm³/mol. The summed E-state index contributed by atoms with van der Waals surface area (Å²) in [5.41, 5.74) is 3.79. The second kappa shape index (κ2) is 13.5. The SMILES string of the molecule is CCOc1ccccc1NC(=O)N(CC(=O)Nc1c(-c2ccccc2)c(C)nn1-c1ccc(OC)cc1)CC(C)C. The molecule has 1 aromatic heterocycles. The third kappa shape index (κ3) is 7.25. The molecule has 4 aromatic rings. The van der Waals surface area contributed by atoms with Crippen LogP contribution >= 0.6 is 0 Å². The van der Waals surface area contributed by atoms with Crippen molar-refractivity contribution in [2.45, 2.75) is 27.7 Å². The van der Waals surface area contributed by atoms with Crippen LogP contribution in [0, 0.1) is 12.8 Å². The van der Waals surface area contributed by atoms with Gasteiger partial charge in [0.15, 0.2) is 0 Å². The number of rotatable bonds is 11. The molecule has 0 radical (unpaired) electrons. The topological polar surface area (TPSA) is 97.7 Å². The number of carbonyl (C=O) groups excluding carboxylic acids is 2. The number of nitrogens with one attached hydrogen (secondary N) is 2. The van der Waals surface area contributed by atoms with Gasteiger partial charge >= 0.3 is 6.03 Å². The number of aryl methyl sites for hydroxylation is 1. The summed E-state index contributed by atoms with van der Waals surface area (Å²) in [7, 11) is 1.61. The first kappa shape index (κ1) is 29.2. The zero-order valence-electron chi connectivity index (χ0n) is 24.2. The molecule has 3 amide bonds. The minimum atomic E-state index is -0.385. The molecule has 2 N–H and O–H groups in total. The number of benzene rings is 3. The Morgan fingerprint density at radius 3 is 2.29 bits per heavy atom. The molecular formula is C32H37N5O4. The number of hydrogen-bond donors (Lipinski definition) is 2. The van der Waals surface area contributed by atoms with Gasteiger partial charge in [0.25, 0.3) is 0 Å². The van der Waals surface area contributed by atoms with E-state index in [4.69, 9.17) is 14.6 Å². The number of methoxy groups -OCH3 is 1. The molecule has 0 aliphatic carbocycles. The Morgan fingerprint density at radius 1 is 0.951 bits per heavy atom. The maximum atomic E-state index is 13.6. The highest BCUT2D eigenvalue weighted by atomic mass is 16.5. The molecule has 0 bridgehead atoms. The van der Waals surface area contributed by atoms with Crippen LogP contribution in [0.5, 0.6) is 11.5 Å². The van der Waals surface area contributed by atoms with E-state index in [1.54, 1.807) is 23.9 Å². The molecule has 0 spiro atoms. The number of hydrogen-bond acceptors (Lipinski definition) is 5. The molecule has 0 fully saturated rings. The molecule has 0 saturated carbocycles. The van der Waals surface area contributed by atoms with Crippen molar-refractivity contribution in [1.82, 2.24) is 14.7 Å². The Kier molecular flexibility index (Phi) is 9.63. The van der Waals surface area contributed by atoms with Crippen molar-refractivity contribution < 1.29 is 19.1 Å². The second-order valence-corrected chi connectivity index (χ2v) is 9.97. The van der Waals surface area contributed by atoms with Crippen LogP contribution in [-0.2, 0) is 4.79 Å². The Hall–Kier alpha value is -4.79. The van der Waals surface area contributed by atoms with Gasteiger partial charge in [-0.05, 0) is 61.7 Å². The van der Waals surface area contributed by atoms with Crippen molar-refractivity contribution in [3.05, 3.63) is 84.6 Å². The molecule has 9 heteroatoms. The quantitative estimate of drug-likeness (QED) is 0.224. The maximum absolute atomic E-state index is 13.6. The highest BCUT2D eigenvalue weighted by Crippen LogP contribution is 2.34. The summed E-state index contributed by atoms with van der Waals surface area (Å²) in [6.07, 6.45) is 0. The van der Waals surface area contributed by atoms with Gasteiger partial charge in [-0.15, -0.1) is 0 Å². The lowest BCUT2D eigenvalue weighted by atomic mass is 10.1. The van der Waals surface area contributed by atoms with E-state index in [9.17, 15) is 9.59 Å². The van der Waals surface area contributed by atoms with Crippen molar-refractivity contribution in [2.75, 3.05) is 37.4 Å². The van der Waals surface area contributed by atoms with Crippen molar-refractivity contribution in [3.63, 3.8) is 0 Å². The molecule has 41 heavy (non-hydrogen) atoms. The van der Waals surface area contributed by atoms with E-state index in [0.29, 0.717) is 36.2 Å². The van der Waals surface area contributed by atoms with Crippen molar-refractivity contribution >= 4 is 23.4 Å². The van der Waals surface area contributed by atoms with Crippen molar-refractivity contribution in [1.29, 1.82) is 0 Å². The first-order valence-corrected chi connectivity index (χ1v) is 13.7. The lowest BCUT2D eigenvalue weighted by Crippen LogP contribution is -2.42. The summed E-state index contributed by atoms with van der Waals surface area (Å²) in [4.78, 5) is 28.5. The molecule has 0 atom stereocenters. The normalized spacial score (nSPS) is 10.8. The van der Waals surface area contributed by atoms with Crippen LogP contribution in [0.15, 0.2) is 78.9 Å². The third-order valence-corrected chi connectivity index (χ3v) is 6.33. The van der Waals surface area contributed by atoms with Crippen LogP contribution < -0.4 is 20.1 Å². The van der Waals surface area contributed by atoms with Gasteiger partial charge in [0.05, 0.1) is 30.8 Å². The fourth-order valence-electron chi connectivity index (χ4n) is 4.55. The highest BCUT2D eigenvalue weighted by Gasteiger charge is 2.24. The molecule has 3 aromatic carbocycles. The average Bonchev–Trinajstić information content (AvgIpc) is 3.29. The fraction of sp³-hybridized carbons (Fsp3) is 0.281. The number of aromatic nitrogens is 2. The lowest BCUT2D eigenvalue weighted by molar-refractivity contribution is -0.116. The number of ether oxygens (including phenoxy) is 2. The maximum Gasteiger partial charge on any atom is 0.322 e. The van der Waals surface area contributed by atoms with Gasteiger partial charge in [0.1, 0.15) is 23.9 Å². The number of carbonyl (C=O) groups is 2. The highest BCUT2D eigenvalue weighted by molar-refractivity contribution is 5.99. The van der Waals surface area contributed by atoms with Gasteiger partial charge in [-0.25, -0.2) is 9.48 Å². The van der Waals surface area contributed by atoms with E-state index in [0.717, 1.165) is 22.5 Å². The Bertz CT molecular complexity index is 1470. The molecule has 9 nitrogen and oxygen atoms in total. The summed E-state index contributed by atoms with van der Waals surface area (Å²) < 4.78 is 12.7. The standard InChI is InChI=1S/C32H37N5O4/c1-6-41-28-15-11-10-14-27(28)33-32(39)36(20-22(2)3)21-29(38)34-31-30(24-12-8-7-9-13-24)23(4)35-37(31)25-16-18-26(40-5)19-17-25/h7-19,22H,6,20-21H2,1-5H3,(H,33,39)(H,34,38). The summed E-state index contributed by atoms with van der Waals surface area (Å²) in [6.45, 7) is 8.50. The van der Waals surface area contributed by atoms with E-state index in [-0.39, 0.29) is 24.4 Å². The van der Waals surface area contributed by atoms with Gasteiger partial charge in [-0.2, -0.15) is 5.10 Å². The van der Waals surface area contributed by atoms with Crippen molar-refractivity contribution in [3.8, 4) is 28.3 Å². The third-order valence-electron chi connectivity index (χ3n) is 6.33. The van der Waals surface area contributed by atoms with Gasteiger partial charge in [0, 0.05) is 12.1 Å². The van der Waals surface area contributed by atoms with E-state index in [1.807, 2.05) is 94.4 Å². The average molecular weight is 556 g/mol. The molecule has 1 heterocycles. The summed E-state index contributed by atoms with van der Waals surface area (Å²) >= 11 is 0. The van der Waals surface area contributed by atoms with Crippen LogP contribution in [0.3, 0.4) is 0 Å². The van der Waals surface area contributed by atoms with Gasteiger partial charge in [-0.1, -0.05) is 56.3 Å². The Labute approximate surface area is 241 Å². The predicted octanol–water partition coefficient (Wildman–Crippen LogP) is 6.38. The number of amides is 3. The number of anilines is 2. The largest absolute Gasteiger partial charge is 0.497 e. The van der Waals surface area contributed by atoms with Crippen LogP contribution in [0.2, 0.25) is 0 Å². The van der Waals surface area contributed by atoms with Crippen LogP contribution in [-0.4, -0.2) is 53.4 Å². The Morgan fingerprint density at radius 2 is 1.63 bits per heavy atom. The molecule has 214 valence electrons. The van der Waals surface area contributed by atoms with E-state index in [2.05, 4.69) is 10.6 Å². The summed E-state index contributed by atoms with van der Waals surface area (Å²) in [5.74, 6) is 1.61. The zero-order chi connectivity index (χ0) is 29.4. The molecule has 0 unspecified atom stereocenters. The zero-order valence-corrected chi connectivity index (χ0v) is 24.2. The second-order valence-electron chi connectivity index (χ2n) is 9.97. The van der Waals surface area contributed by atoms with Crippen molar-refractivity contribution in [2.24, 2.45) is 5.92 Å². The summed E-state index contributed by atoms with van der Waals surface area (Å²) in [5, 5.41) is 10.7. The van der Waals surface area contributed by atoms with Gasteiger partial charge in [-0.3, -0.25) is 4.79 Å². The minimum Gasteiger partial charge on any atom is -0.497 e. The first-order chi connectivity index (χ1) is 19.8. The molecular weight excluding hydrogens is 518 g/mol.